The van der Waals surface area contributed by atoms with Crippen molar-refractivity contribution < 1.29 is 0 Å². The Morgan fingerprint density at radius 2 is 1.67 bits per heavy atom. The summed E-state index contributed by atoms with van der Waals surface area (Å²) in [4.78, 5) is 3.55. The van der Waals surface area contributed by atoms with E-state index >= 15 is 0 Å². The zero-order chi connectivity index (χ0) is 14.0. The van der Waals surface area contributed by atoms with Gasteiger partial charge in [-0.15, -0.1) is 11.3 Å². The summed E-state index contributed by atoms with van der Waals surface area (Å²) < 4.78 is 2.76. The van der Waals surface area contributed by atoms with Gasteiger partial charge in [0.05, 0.1) is 0 Å². The zero-order valence-corrected chi connectivity index (χ0v) is 12.4. The maximum atomic E-state index is 3.55. The summed E-state index contributed by atoms with van der Waals surface area (Å²) in [6, 6.07) is 19.8. The molecular formula is C19H13NS. The topological polar surface area (TPSA) is 15.8 Å². The highest BCUT2D eigenvalue weighted by Gasteiger charge is 2.12. The number of aromatic nitrogens is 1. The van der Waals surface area contributed by atoms with Gasteiger partial charge in [-0.05, 0) is 31.2 Å². The molecule has 2 aromatic heterocycles. The third kappa shape index (κ3) is 1.45. The molecule has 0 atom stereocenters. The van der Waals surface area contributed by atoms with E-state index in [9.17, 15) is 0 Å². The van der Waals surface area contributed by atoms with Gasteiger partial charge in [0.25, 0.3) is 0 Å². The predicted molar refractivity (Wildman–Crippen MR) is 93.4 cm³/mol. The van der Waals surface area contributed by atoms with Gasteiger partial charge in [0.15, 0.2) is 0 Å². The minimum atomic E-state index is 1.22. The number of thiophene rings is 1. The molecule has 2 heteroatoms. The molecule has 0 fully saturated rings. The molecule has 5 aromatic rings. The molecule has 0 unspecified atom stereocenters. The monoisotopic (exact) mass is 287 g/mol. The zero-order valence-electron chi connectivity index (χ0n) is 11.6. The van der Waals surface area contributed by atoms with Crippen molar-refractivity contribution >= 4 is 53.3 Å². The van der Waals surface area contributed by atoms with Gasteiger partial charge in [0.2, 0.25) is 0 Å². The van der Waals surface area contributed by atoms with Crippen LogP contribution in [0.15, 0.2) is 54.6 Å². The summed E-state index contributed by atoms with van der Waals surface area (Å²) in [7, 11) is 0. The number of rotatable bonds is 0. The van der Waals surface area contributed by atoms with Gasteiger partial charge in [-0.1, -0.05) is 35.9 Å². The van der Waals surface area contributed by atoms with Crippen LogP contribution in [-0.2, 0) is 0 Å². The third-order valence-corrected chi connectivity index (χ3v) is 5.46. The Kier molecular flexibility index (Phi) is 2.09. The summed E-state index contributed by atoms with van der Waals surface area (Å²) in [6.07, 6.45) is 0. The fourth-order valence-corrected chi connectivity index (χ4v) is 4.54. The van der Waals surface area contributed by atoms with Crippen LogP contribution in [-0.4, -0.2) is 4.98 Å². The number of hydrogen-bond acceptors (Lipinski definition) is 1. The largest absolute Gasteiger partial charge is 0.354 e. The highest BCUT2D eigenvalue weighted by atomic mass is 32.1. The van der Waals surface area contributed by atoms with Crippen LogP contribution >= 0.6 is 11.3 Å². The Bertz CT molecular complexity index is 1140. The van der Waals surface area contributed by atoms with E-state index in [1.165, 1.54) is 47.5 Å². The second kappa shape index (κ2) is 3.86. The van der Waals surface area contributed by atoms with Gasteiger partial charge >= 0.3 is 0 Å². The summed E-state index contributed by atoms with van der Waals surface area (Å²) in [5.41, 5.74) is 3.76. The van der Waals surface area contributed by atoms with Crippen molar-refractivity contribution in [3.05, 3.63) is 60.2 Å². The van der Waals surface area contributed by atoms with Crippen LogP contribution in [0.2, 0.25) is 0 Å². The van der Waals surface area contributed by atoms with Gasteiger partial charge in [0, 0.05) is 42.0 Å². The Balaban J connectivity index is 2.11. The fraction of sp³-hybridized carbons (Fsp3) is 0.0526. The molecule has 1 nitrogen and oxygen atoms in total. The molecular weight excluding hydrogens is 274 g/mol. The van der Waals surface area contributed by atoms with Crippen molar-refractivity contribution in [2.24, 2.45) is 0 Å². The van der Waals surface area contributed by atoms with Gasteiger partial charge in [-0.3, -0.25) is 0 Å². The number of H-pyrrole nitrogens is 1. The quantitative estimate of drug-likeness (QED) is 0.359. The number of aryl methyl sites for hydroxylation is 1. The molecule has 0 aliphatic carbocycles. The van der Waals surface area contributed by atoms with Crippen LogP contribution in [0, 0.1) is 6.92 Å². The lowest BCUT2D eigenvalue weighted by atomic mass is 10.1. The molecule has 0 saturated carbocycles. The van der Waals surface area contributed by atoms with E-state index in [4.69, 9.17) is 0 Å². The second-order valence-corrected chi connectivity index (χ2v) is 6.69. The summed E-state index contributed by atoms with van der Waals surface area (Å²) >= 11 is 1.90. The molecule has 0 aliphatic rings. The van der Waals surface area contributed by atoms with Crippen molar-refractivity contribution in [3.63, 3.8) is 0 Å². The lowest BCUT2D eigenvalue weighted by Gasteiger charge is -1.96. The van der Waals surface area contributed by atoms with Crippen molar-refractivity contribution in [1.29, 1.82) is 0 Å². The molecule has 0 aliphatic heterocycles. The predicted octanol–water partition coefficient (Wildman–Crippen LogP) is 6.00. The van der Waals surface area contributed by atoms with E-state index in [0.717, 1.165) is 0 Å². The normalized spacial score (nSPS) is 12.0. The van der Waals surface area contributed by atoms with Crippen LogP contribution in [0.4, 0.5) is 0 Å². The van der Waals surface area contributed by atoms with E-state index < -0.39 is 0 Å². The molecule has 2 heterocycles. The molecule has 21 heavy (non-hydrogen) atoms. The molecule has 0 amide bonds. The maximum Gasteiger partial charge on any atom is 0.0479 e. The summed E-state index contributed by atoms with van der Waals surface area (Å²) in [5.74, 6) is 0. The first kappa shape index (κ1) is 11.4. The minimum Gasteiger partial charge on any atom is -0.354 e. The lowest BCUT2D eigenvalue weighted by molar-refractivity contribution is 1.49. The molecule has 0 bridgehead atoms. The van der Waals surface area contributed by atoms with Crippen molar-refractivity contribution in [2.45, 2.75) is 6.92 Å². The van der Waals surface area contributed by atoms with E-state index in [1.807, 2.05) is 11.3 Å². The maximum absolute atomic E-state index is 3.55. The van der Waals surface area contributed by atoms with Crippen molar-refractivity contribution in [2.75, 3.05) is 0 Å². The molecule has 3 aromatic carbocycles. The number of fused-ring (bicyclic) bond motifs is 7. The lowest BCUT2D eigenvalue weighted by Crippen LogP contribution is -1.71. The number of nitrogens with one attached hydrogen (secondary N) is 1. The SMILES string of the molecule is Cc1ccc2[nH]c3ccc4c5ccccc5sc4c3c2c1. The molecule has 100 valence electrons. The van der Waals surface area contributed by atoms with Crippen molar-refractivity contribution in [1.82, 2.24) is 4.98 Å². The van der Waals surface area contributed by atoms with Crippen LogP contribution in [0.3, 0.4) is 0 Å². The summed E-state index contributed by atoms with van der Waals surface area (Å²) in [6.45, 7) is 2.16. The molecule has 0 saturated heterocycles. The first-order valence-corrected chi connectivity index (χ1v) is 7.95. The number of benzene rings is 3. The van der Waals surface area contributed by atoms with E-state index in [-0.39, 0.29) is 0 Å². The highest BCUT2D eigenvalue weighted by molar-refractivity contribution is 7.26. The first-order valence-electron chi connectivity index (χ1n) is 7.13. The standard InChI is InChI=1S/C19H13NS/c1-11-6-8-15-14(10-11)18-16(20-15)9-7-13-12-4-2-3-5-17(12)21-19(13)18/h2-10,20H,1H3. The Morgan fingerprint density at radius 3 is 2.62 bits per heavy atom. The minimum absolute atomic E-state index is 1.22. The van der Waals surface area contributed by atoms with Crippen LogP contribution in [0.25, 0.3) is 42.0 Å². The third-order valence-electron chi connectivity index (χ3n) is 4.26. The smallest absolute Gasteiger partial charge is 0.0479 e. The van der Waals surface area contributed by atoms with Crippen LogP contribution in [0.1, 0.15) is 5.56 Å². The summed E-state index contributed by atoms with van der Waals surface area (Å²) in [5, 5.41) is 5.43. The molecule has 1 N–H and O–H groups in total. The van der Waals surface area contributed by atoms with Gasteiger partial charge in [0.1, 0.15) is 0 Å². The average molecular weight is 287 g/mol. The van der Waals surface area contributed by atoms with Crippen LogP contribution < -0.4 is 0 Å². The second-order valence-electron chi connectivity index (χ2n) is 5.64. The van der Waals surface area contributed by atoms with E-state index in [1.54, 1.807) is 0 Å². The fourth-order valence-electron chi connectivity index (χ4n) is 3.28. The Morgan fingerprint density at radius 1 is 0.810 bits per heavy atom. The molecule has 5 rings (SSSR count). The van der Waals surface area contributed by atoms with Crippen molar-refractivity contribution in [3.8, 4) is 0 Å². The highest BCUT2D eigenvalue weighted by Crippen LogP contribution is 2.41. The Hall–Kier alpha value is -2.32. The van der Waals surface area contributed by atoms with Gasteiger partial charge in [-0.2, -0.15) is 0 Å². The molecule has 0 radical (unpaired) electrons. The van der Waals surface area contributed by atoms with Gasteiger partial charge in [-0.25, -0.2) is 0 Å². The average Bonchev–Trinajstić information content (AvgIpc) is 3.04. The molecule has 0 spiro atoms. The number of aromatic amines is 1. The number of hydrogen-bond donors (Lipinski definition) is 1. The van der Waals surface area contributed by atoms with E-state index in [0.29, 0.717) is 0 Å². The first-order chi connectivity index (χ1) is 10.3. The Labute approximate surface area is 125 Å². The van der Waals surface area contributed by atoms with Crippen LogP contribution in [0.5, 0.6) is 0 Å². The van der Waals surface area contributed by atoms with Gasteiger partial charge < -0.3 is 4.98 Å². The van der Waals surface area contributed by atoms with E-state index in [2.05, 4.69) is 66.5 Å².